The molecule has 0 saturated heterocycles. The molecule has 1 rings (SSSR count). The van der Waals surface area contributed by atoms with Gasteiger partial charge in [0.1, 0.15) is 11.5 Å². The monoisotopic (exact) mass is 300 g/mol. The van der Waals surface area contributed by atoms with Crippen molar-refractivity contribution in [2.75, 3.05) is 6.66 Å². The third kappa shape index (κ3) is 4.26. The van der Waals surface area contributed by atoms with Gasteiger partial charge in [0, 0.05) is 17.8 Å². The van der Waals surface area contributed by atoms with Crippen LogP contribution in [0.1, 0.15) is 52.7 Å². The summed E-state index contributed by atoms with van der Waals surface area (Å²) in [6.07, 6.45) is 0. The minimum atomic E-state index is -3.63. The summed E-state index contributed by atoms with van der Waals surface area (Å²) in [5, 5.41) is 10.5. The van der Waals surface area contributed by atoms with Crippen LogP contribution in [0.5, 0.6) is 11.5 Å². The summed E-state index contributed by atoms with van der Waals surface area (Å²) in [6, 6.07) is 3.27. The first kappa shape index (κ1) is 17.1. The lowest BCUT2D eigenvalue weighted by molar-refractivity contribution is 0.382. The van der Waals surface area contributed by atoms with Gasteiger partial charge >= 0.3 is 7.60 Å². The number of phenolic OH excluding ortho intramolecular Hbond substituents is 1. The lowest BCUT2D eigenvalue weighted by Crippen LogP contribution is -2.17. The Balaban J connectivity index is 3.55. The molecule has 4 nitrogen and oxygen atoms in total. The van der Waals surface area contributed by atoms with E-state index in [0.717, 1.165) is 6.66 Å². The van der Waals surface area contributed by atoms with E-state index in [1.165, 1.54) is 0 Å². The summed E-state index contributed by atoms with van der Waals surface area (Å²) >= 11 is 0. The number of hydrogen-bond acceptors (Lipinski definition) is 3. The van der Waals surface area contributed by atoms with E-state index in [2.05, 4.69) is 0 Å². The molecule has 0 aliphatic heterocycles. The van der Waals surface area contributed by atoms with Crippen LogP contribution in [0.15, 0.2) is 12.1 Å². The molecule has 0 fully saturated rings. The van der Waals surface area contributed by atoms with Crippen molar-refractivity contribution in [1.82, 2.24) is 0 Å². The first-order chi connectivity index (χ1) is 8.72. The fourth-order valence-electron chi connectivity index (χ4n) is 2.00. The molecule has 2 N–H and O–H groups in total. The van der Waals surface area contributed by atoms with Gasteiger partial charge < -0.3 is 14.5 Å². The highest BCUT2D eigenvalue weighted by atomic mass is 31.2. The molecular formula is C15H25O4P. The molecule has 1 aromatic carbocycles. The van der Waals surface area contributed by atoms with Crippen molar-refractivity contribution in [1.29, 1.82) is 0 Å². The van der Waals surface area contributed by atoms with Crippen molar-refractivity contribution in [2.45, 2.75) is 52.4 Å². The summed E-state index contributed by atoms with van der Waals surface area (Å²) < 4.78 is 16.6. The van der Waals surface area contributed by atoms with E-state index in [0.29, 0.717) is 16.9 Å². The third-order valence-electron chi connectivity index (χ3n) is 2.97. The molecule has 0 amide bonds. The van der Waals surface area contributed by atoms with Crippen molar-refractivity contribution >= 4 is 7.60 Å². The maximum Gasteiger partial charge on any atom is 0.373 e. The van der Waals surface area contributed by atoms with Crippen LogP contribution >= 0.6 is 7.60 Å². The number of rotatable bonds is 2. The highest BCUT2D eigenvalue weighted by molar-refractivity contribution is 7.52. The first-order valence-electron chi connectivity index (χ1n) is 6.59. The quantitative estimate of drug-likeness (QED) is 0.804. The van der Waals surface area contributed by atoms with Gasteiger partial charge in [0.05, 0.1) is 0 Å². The standard InChI is InChI=1S/C15H25O4P/c1-14(2,3)11-8-10(19-20(7,17)18)9-12(13(11)16)15(4,5)6/h8-9,16H,1-7H3,(H,17,18). The lowest BCUT2D eigenvalue weighted by Gasteiger charge is -2.28. The normalized spacial score (nSPS) is 15.8. The number of benzene rings is 1. The molecule has 0 spiro atoms. The summed E-state index contributed by atoms with van der Waals surface area (Å²) in [7, 11) is -3.63. The predicted molar refractivity (Wildman–Crippen MR) is 81.9 cm³/mol. The second-order valence-electron chi connectivity index (χ2n) is 7.26. The van der Waals surface area contributed by atoms with Crippen LogP contribution in [0, 0.1) is 0 Å². The van der Waals surface area contributed by atoms with Crippen LogP contribution < -0.4 is 4.52 Å². The Hall–Kier alpha value is -0.990. The van der Waals surface area contributed by atoms with Gasteiger partial charge in [-0.1, -0.05) is 41.5 Å². The summed E-state index contributed by atoms with van der Waals surface area (Å²) in [6.45, 7) is 13.0. The fraction of sp³-hybridized carbons (Fsp3) is 0.600. The van der Waals surface area contributed by atoms with E-state index in [9.17, 15) is 14.6 Å². The Morgan fingerprint density at radius 3 is 1.60 bits per heavy atom. The predicted octanol–water partition coefficient (Wildman–Crippen LogP) is 4.18. The smallest absolute Gasteiger partial charge is 0.373 e. The first-order valence-corrected chi connectivity index (χ1v) is 8.62. The van der Waals surface area contributed by atoms with Gasteiger partial charge in [0.2, 0.25) is 0 Å². The highest BCUT2D eigenvalue weighted by Crippen LogP contribution is 2.45. The van der Waals surface area contributed by atoms with Crippen molar-refractivity contribution in [3.8, 4) is 11.5 Å². The molecule has 1 aromatic rings. The van der Waals surface area contributed by atoms with E-state index < -0.39 is 7.60 Å². The molecule has 0 radical (unpaired) electrons. The number of hydrogen-bond donors (Lipinski definition) is 2. The zero-order valence-electron chi connectivity index (χ0n) is 13.3. The maximum absolute atomic E-state index is 11.5. The largest absolute Gasteiger partial charge is 0.507 e. The van der Waals surface area contributed by atoms with Crippen molar-refractivity contribution in [2.24, 2.45) is 0 Å². The molecule has 0 heterocycles. The molecule has 1 atom stereocenters. The van der Waals surface area contributed by atoms with Crippen LogP contribution in [-0.4, -0.2) is 16.7 Å². The molecule has 5 heteroatoms. The van der Waals surface area contributed by atoms with E-state index in [-0.39, 0.29) is 16.6 Å². The molecule has 114 valence electrons. The second kappa shape index (κ2) is 5.09. The average molecular weight is 300 g/mol. The van der Waals surface area contributed by atoms with Gasteiger partial charge in [-0.3, -0.25) is 0 Å². The Labute approximate surface area is 121 Å². The minimum Gasteiger partial charge on any atom is -0.507 e. The van der Waals surface area contributed by atoms with Gasteiger partial charge in [-0.05, 0) is 23.0 Å². The third-order valence-corrected chi connectivity index (χ3v) is 3.52. The van der Waals surface area contributed by atoms with Crippen LogP contribution in [0.3, 0.4) is 0 Å². The van der Waals surface area contributed by atoms with Crippen LogP contribution in [-0.2, 0) is 15.4 Å². The Morgan fingerprint density at radius 2 is 1.35 bits per heavy atom. The molecular weight excluding hydrogens is 275 g/mol. The van der Waals surface area contributed by atoms with Gasteiger partial charge in [0.15, 0.2) is 0 Å². The Morgan fingerprint density at radius 1 is 1.00 bits per heavy atom. The van der Waals surface area contributed by atoms with E-state index in [4.69, 9.17) is 4.52 Å². The number of phenols is 1. The fourth-order valence-corrected chi connectivity index (χ4v) is 2.50. The van der Waals surface area contributed by atoms with Crippen LogP contribution in [0.25, 0.3) is 0 Å². The molecule has 0 bridgehead atoms. The van der Waals surface area contributed by atoms with Gasteiger partial charge in [-0.15, -0.1) is 0 Å². The molecule has 0 aromatic heterocycles. The van der Waals surface area contributed by atoms with Gasteiger partial charge in [0.25, 0.3) is 0 Å². The SMILES string of the molecule is CC(C)(C)c1cc(OP(C)(=O)O)cc(C(C)(C)C)c1O. The molecule has 0 aliphatic rings. The van der Waals surface area contributed by atoms with Crippen molar-refractivity contribution in [3.05, 3.63) is 23.3 Å². The summed E-state index contributed by atoms with van der Waals surface area (Å²) in [5.41, 5.74) is 0.814. The van der Waals surface area contributed by atoms with Gasteiger partial charge in [-0.25, -0.2) is 4.57 Å². The molecule has 20 heavy (non-hydrogen) atoms. The molecule has 0 saturated carbocycles. The molecule has 1 unspecified atom stereocenters. The number of aromatic hydroxyl groups is 1. The van der Waals surface area contributed by atoms with Crippen LogP contribution in [0.4, 0.5) is 0 Å². The minimum absolute atomic E-state index is 0.223. The summed E-state index contributed by atoms with van der Waals surface area (Å²) in [5.74, 6) is 0.534. The van der Waals surface area contributed by atoms with Crippen molar-refractivity contribution < 1.29 is 19.1 Å². The lowest BCUT2D eigenvalue weighted by atomic mass is 9.79. The zero-order chi connectivity index (χ0) is 15.9. The summed E-state index contributed by atoms with van der Waals surface area (Å²) in [4.78, 5) is 9.40. The van der Waals surface area contributed by atoms with Gasteiger partial charge in [-0.2, -0.15) is 0 Å². The average Bonchev–Trinajstić information content (AvgIpc) is 2.14. The zero-order valence-corrected chi connectivity index (χ0v) is 14.2. The van der Waals surface area contributed by atoms with E-state index in [1.807, 2.05) is 41.5 Å². The maximum atomic E-state index is 11.5. The van der Waals surface area contributed by atoms with E-state index >= 15 is 0 Å². The van der Waals surface area contributed by atoms with Crippen molar-refractivity contribution in [3.63, 3.8) is 0 Å². The topological polar surface area (TPSA) is 66.8 Å². The van der Waals surface area contributed by atoms with E-state index in [1.54, 1.807) is 12.1 Å². The van der Waals surface area contributed by atoms with Crippen LogP contribution in [0.2, 0.25) is 0 Å². The Bertz CT molecular complexity index is 509. The Kier molecular flexibility index (Phi) is 4.34. The molecule has 0 aliphatic carbocycles. The highest BCUT2D eigenvalue weighted by Gasteiger charge is 2.28. The second-order valence-corrected chi connectivity index (χ2v) is 9.05.